The van der Waals surface area contributed by atoms with Crippen LogP contribution >= 0.6 is 17.5 Å². The summed E-state index contributed by atoms with van der Waals surface area (Å²) in [6.45, 7) is 10.8. The number of rotatable bonds is 10. The van der Waals surface area contributed by atoms with Crippen molar-refractivity contribution < 1.29 is 17.9 Å². The summed E-state index contributed by atoms with van der Waals surface area (Å²) in [7, 11) is 4.37. The molecule has 0 aromatic rings. The van der Waals surface area contributed by atoms with E-state index in [4.69, 9.17) is 9.58 Å². The topological polar surface area (TPSA) is 15.3 Å². The Morgan fingerprint density at radius 3 is 1.39 bits per heavy atom. The van der Waals surface area contributed by atoms with Gasteiger partial charge in [0, 0.05) is 27.6 Å². The molecule has 8 aliphatic rings. The van der Waals surface area contributed by atoms with E-state index in [1.807, 2.05) is 0 Å². The van der Waals surface area contributed by atoms with Crippen LogP contribution in [0.15, 0.2) is 0 Å². The summed E-state index contributed by atoms with van der Waals surface area (Å²) in [6, 6.07) is 0. The van der Waals surface area contributed by atoms with Crippen molar-refractivity contribution in [1.29, 1.82) is 0 Å². The van der Waals surface area contributed by atoms with Crippen molar-refractivity contribution in [3.05, 3.63) is 0 Å². The Labute approximate surface area is 220 Å². The van der Waals surface area contributed by atoms with Crippen LogP contribution in [-0.2, 0) is 17.9 Å². The predicted octanol–water partition coefficient (Wildman–Crippen LogP) is 6.22. The molecule has 0 radical (unpaired) electrons. The number of likely N-dealkylation sites (N-methyl/N-ethyl adjacent to an activating group) is 1. The van der Waals surface area contributed by atoms with Crippen LogP contribution in [0.1, 0.15) is 90.9 Å². The van der Waals surface area contributed by atoms with Gasteiger partial charge in [0.1, 0.15) is 0 Å². The second-order valence-electron chi connectivity index (χ2n) is 13.4. The molecule has 0 atom stereocenters. The number of nitrogens with zero attached hydrogens (tertiary/aromatic N) is 1. The van der Waals surface area contributed by atoms with E-state index in [9.17, 15) is 0 Å². The quantitative estimate of drug-likeness (QED) is 0.219. The Morgan fingerprint density at radius 2 is 1.06 bits per heavy atom. The van der Waals surface area contributed by atoms with E-state index in [0.717, 1.165) is 45.8 Å². The van der Waals surface area contributed by atoms with Crippen LogP contribution in [0.5, 0.6) is 0 Å². The van der Waals surface area contributed by atoms with Crippen molar-refractivity contribution in [3.63, 3.8) is 0 Å². The molecular formula is C28H52ClIrN2P+. The van der Waals surface area contributed by atoms with Crippen molar-refractivity contribution in [1.82, 2.24) is 10.2 Å². The molecule has 8 aliphatic carbocycles. The third kappa shape index (κ3) is 5.18. The maximum atomic E-state index is 4.69. The molecule has 0 aromatic heterocycles. The molecule has 0 spiro atoms. The fourth-order valence-electron chi connectivity index (χ4n) is 11.2. The molecule has 1 N–H and O–H groups in total. The molecule has 0 amide bonds. The van der Waals surface area contributed by atoms with Crippen molar-refractivity contribution in [2.75, 3.05) is 38.9 Å². The Morgan fingerprint density at radius 1 is 0.697 bits per heavy atom. The number of halogens is 1. The van der Waals surface area contributed by atoms with Gasteiger partial charge in [0.25, 0.3) is 0 Å². The molecule has 0 saturated heterocycles. The summed E-state index contributed by atoms with van der Waals surface area (Å²) < 4.78 is 0. The standard InChI is InChI=1S/C28H49N2P.ClH.Ir.2H/c1-3-30(4-2)7-5-29-6-8-31(27-15-21-9-22(16-27)11-23(10-21)17-27)28-18-24-12-25(19-28)14-26(13-24)20-28;;;;/h21-26,29H,3-20H2,1-2H3;1H;;;/q;;+1;;. The van der Waals surface area contributed by atoms with Crippen LogP contribution in [0.25, 0.3) is 0 Å². The third-order valence-corrected chi connectivity index (χ3v) is 15.9. The van der Waals surface area contributed by atoms with Crippen LogP contribution in [0.4, 0.5) is 0 Å². The zero-order chi connectivity index (χ0) is 23.1. The van der Waals surface area contributed by atoms with Gasteiger partial charge in [-0.15, -0.1) is 0 Å². The first-order valence-corrected chi connectivity index (χ1v) is 19.6. The molecule has 8 saturated carbocycles. The van der Waals surface area contributed by atoms with Gasteiger partial charge in [0.05, 0.1) is 16.5 Å². The van der Waals surface area contributed by atoms with E-state index < -0.39 is 0 Å². The summed E-state index contributed by atoms with van der Waals surface area (Å²) in [6.07, 6.45) is 21.4. The Hall–Kier alpha value is 1.29. The van der Waals surface area contributed by atoms with Crippen molar-refractivity contribution in [3.8, 4) is 0 Å². The van der Waals surface area contributed by atoms with Crippen molar-refractivity contribution >= 4 is 17.5 Å². The molecule has 194 valence electrons. The summed E-state index contributed by atoms with van der Waals surface area (Å²) in [5.41, 5.74) is 0. The molecular weight excluding hydrogens is 623 g/mol. The Kier molecular flexibility index (Phi) is 8.60. The molecule has 33 heavy (non-hydrogen) atoms. The van der Waals surface area contributed by atoms with Crippen LogP contribution in [0.3, 0.4) is 0 Å². The van der Waals surface area contributed by atoms with Gasteiger partial charge in [0.2, 0.25) is 0 Å². The minimum absolute atomic E-state index is 0.320. The summed E-state index contributed by atoms with van der Waals surface area (Å²) >= 11 is 1.19. The van der Waals surface area contributed by atoms with Gasteiger partial charge in [-0.1, -0.05) is 13.8 Å². The number of hydrogen-bond donors (Lipinski definition) is 1. The van der Waals surface area contributed by atoms with E-state index in [-0.39, 0.29) is 7.92 Å². The van der Waals surface area contributed by atoms with Gasteiger partial charge in [0.15, 0.2) is 0 Å². The molecule has 8 fully saturated rings. The molecule has 8 rings (SSSR count). The normalized spacial score (nSPS) is 45.4. The first-order chi connectivity index (χ1) is 16.1. The van der Waals surface area contributed by atoms with Crippen molar-refractivity contribution in [2.24, 2.45) is 35.5 Å². The van der Waals surface area contributed by atoms with Gasteiger partial charge in [-0.25, -0.2) is 0 Å². The zero-order valence-corrected chi connectivity index (χ0v) is 25.9. The molecule has 2 nitrogen and oxygen atoms in total. The van der Waals surface area contributed by atoms with Crippen LogP contribution in [-0.4, -0.2) is 54.1 Å². The monoisotopic (exact) mass is 675 g/mol. The van der Waals surface area contributed by atoms with Crippen LogP contribution < -0.4 is 5.32 Å². The van der Waals surface area contributed by atoms with E-state index in [2.05, 4.69) is 24.1 Å². The molecule has 0 heterocycles. The maximum absolute atomic E-state index is 4.69. The van der Waals surface area contributed by atoms with E-state index >= 15 is 0 Å². The molecule has 0 aromatic carbocycles. The Bertz CT molecular complexity index is 539. The third-order valence-electron chi connectivity index (χ3n) is 11.4. The van der Waals surface area contributed by atoms with Crippen LogP contribution in [0, 0.1) is 35.5 Å². The second kappa shape index (κ2) is 11.0. The molecule has 8 bridgehead atoms. The zero-order valence-electron chi connectivity index (χ0n) is 21.4. The van der Waals surface area contributed by atoms with Crippen LogP contribution in [0.2, 0.25) is 0 Å². The molecule has 0 unspecified atom stereocenters. The van der Waals surface area contributed by atoms with Gasteiger partial charge >= 0.3 is 27.5 Å². The number of nitrogens with one attached hydrogen (secondary N) is 1. The van der Waals surface area contributed by atoms with Gasteiger partial charge in [-0.3, -0.25) is 0 Å². The SMILES string of the molecule is CCN(CC)CCNCC[PH+](C12CC3CC(CC(C3)C1)C2)C12CC3CC(CC(C3)C1)C2.[Cl][IrH2]. The fraction of sp³-hybridized carbons (Fsp3) is 1.00. The summed E-state index contributed by atoms with van der Waals surface area (Å²) in [5.74, 6) is 6.81. The fourth-order valence-corrected chi connectivity index (χ4v) is 17.0. The second-order valence-corrected chi connectivity index (χ2v) is 17.0. The van der Waals surface area contributed by atoms with Crippen molar-refractivity contribution in [2.45, 2.75) is 101 Å². The summed E-state index contributed by atoms with van der Waals surface area (Å²) in [5, 5.41) is 5.67. The van der Waals surface area contributed by atoms with Gasteiger partial charge in [-0.2, -0.15) is 0 Å². The first kappa shape index (κ1) is 25.9. The van der Waals surface area contributed by atoms with Gasteiger partial charge in [-0.05, 0) is 126 Å². The summed E-state index contributed by atoms with van der Waals surface area (Å²) in [4.78, 5) is 2.58. The van der Waals surface area contributed by atoms with E-state index in [0.29, 0.717) is 0 Å². The minimum atomic E-state index is -0.320. The molecule has 5 heteroatoms. The van der Waals surface area contributed by atoms with Gasteiger partial charge < -0.3 is 10.2 Å². The predicted molar refractivity (Wildman–Crippen MR) is 144 cm³/mol. The average Bonchev–Trinajstić information content (AvgIpc) is 2.78. The first-order valence-electron chi connectivity index (χ1n) is 14.5. The Balaban J connectivity index is 0.00000111. The van der Waals surface area contributed by atoms with E-state index in [1.165, 1.54) is 50.6 Å². The van der Waals surface area contributed by atoms with E-state index in [1.54, 1.807) is 83.2 Å². The average molecular weight is 675 g/mol. The number of hydrogen-bond acceptors (Lipinski definition) is 2. The molecule has 0 aliphatic heterocycles.